The van der Waals surface area contributed by atoms with E-state index in [0.717, 1.165) is 11.1 Å². The van der Waals surface area contributed by atoms with Gasteiger partial charge >= 0.3 is 20.8 Å². The molecule has 3 aromatic carbocycles. The Bertz CT molecular complexity index is 1400. The molecule has 0 aromatic heterocycles. The molecular weight excluding hydrogens is 532 g/mol. The zero-order valence-corrected chi connectivity index (χ0v) is 22.1. The Labute approximate surface area is 215 Å². The van der Waals surface area contributed by atoms with E-state index < -0.39 is 25.7 Å². The SMILES string of the molecule is Cc1ccc(C(Cl)(c2ccccc2)c2ccc(C)c(C)c2NOS(=O)(=O)O)c(NOS(=O)(=O)O)c1C. The minimum absolute atomic E-state index is 0.159. The van der Waals surface area contributed by atoms with Crippen LogP contribution in [0.3, 0.4) is 0 Å². The van der Waals surface area contributed by atoms with E-state index in [1.165, 1.54) is 0 Å². The Morgan fingerprint density at radius 1 is 0.694 bits per heavy atom. The number of alkyl halides is 1. The predicted molar refractivity (Wildman–Crippen MR) is 137 cm³/mol. The van der Waals surface area contributed by atoms with Crippen molar-refractivity contribution in [2.24, 2.45) is 0 Å². The molecule has 0 fully saturated rings. The topological polar surface area (TPSA) is 151 Å². The average Bonchev–Trinajstić information content (AvgIpc) is 2.79. The summed E-state index contributed by atoms with van der Waals surface area (Å²) in [4.78, 5) is -1.59. The summed E-state index contributed by atoms with van der Waals surface area (Å²) in [5.41, 5.74) is 8.76. The van der Waals surface area contributed by atoms with Gasteiger partial charge in [0.05, 0.1) is 11.4 Å². The number of aryl methyl sites for hydroxylation is 2. The second-order valence-electron chi connectivity index (χ2n) is 8.11. The molecule has 3 aromatic rings. The van der Waals surface area contributed by atoms with Gasteiger partial charge in [0, 0.05) is 11.1 Å². The van der Waals surface area contributed by atoms with E-state index in [0.29, 0.717) is 27.8 Å². The van der Waals surface area contributed by atoms with E-state index in [4.69, 9.17) is 11.6 Å². The van der Waals surface area contributed by atoms with Crippen molar-refractivity contribution < 1.29 is 34.5 Å². The molecule has 0 radical (unpaired) electrons. The molecule has 0 unspecified atom stereocenters. The first-order chi connectivity index (χ1) is 16.6. The summed E-state index contributed by atoms with van der Waals surface area (Å²) in [5, 5.41) is 0. The average molecular weight is 557 g/mol. The van der Waals surface area contributed by atoms with E-state index in [9.17, 15) is 25.9 Å². The van der Waals surface area contributed by atoms with Crippen LogP contribution < -0.4 is 11.0 Å². The van der Waals surface area contributed by atoms with E-state index in [2.05, 4.69) is 19.5 Å². The van der Waals surface area contributed by atoms with Gasteiger partial charge in [-0.3, -0.25) is 9.11 Å². The molecule has 0 aliphatic heterocycles. The van der Waals surface area contributed by atoms with Crippen LogP contribution >= 0.6 is 11.6 Å². The molecule has 0 atom stereocenters. The quantitative estimate of drug-likeness (QED) is 0.126. The smallest absolute Gasteiger partial charge is 0.262 e. The lowest BCUT2D eigenvalue weighted by Crippen LogP contribution is -2.27. The Hall–Kier alpha value is -2.71. The van der Waals surface area contributed by atoms with E-state index >= 15 is 0 Å². The van der Waals surface area contributed by atoms with Gasteiger partial charge in [0.1, 0.15) is 4.87 Å². The molecule has 0 amide bonds. The predicted octanol–water partition coefficient (Wildman–Crippen LogP) is 4.74. The molecule has 0 heterocycles. The minimum atomic E-state index is -4.87. The Morgan fingerprint density at radius 2 is 1.08 bits per heavy atom. The van der Waals surface area contributed by atoms with Gasteiger partial charge in [-0.1, -0.05) is 54.6 Å². The highest BCUT2D eigenvalue weighted by atomic mass is 35.5. The number of hydrogen-bond donors (Lipinski definition) is 4. The summed E-state index contributed by atoms with van der Waals surface area (Å²) in [6, 6.07) is 15.6. The van der Waals surface area contributed by atoms with Crippen LogP contribution in [0.5, 0.6) is 0 Å². The van der Waals surface area contributed by atoms with E-state index in [-0.39, 0.29) is 11.4 Å². The number of hydrogen-bond acceptors (Lipinski definition) is 8. The summed E-state index contributed by atoms with van der Waals surface area (Å²) in [5.74, 6) is 0. The zero-order valence-electron chi connectivity index (χ0n) is 19.7. The lowest BCUT2D eigenvalue weighted by atomic mass is 9.80. The zero-order chi connectivity index (χ0) is 26.9. The molecule has 3 rings (SSSR count). The van der Waals surface area contributed by atoms with Crippen LogP contribution in [-0.4, -0.2) is 25.9 Å². The molecule has 36 heavy (non-hydrogen) atoms. The molecule has 194 valence electrons. The highest BCUT2D eigenvalue weighted by Gasteiger charge is 2.40. The molecule has 0 aliphatic carbocycles. The molecule has 0 bridgehead atoms. The summed E-state index contributed by atoms with van der Waals surface area (Å²) < 4.78 is 72.7. The van der Waals surface area contributed by atoms with Gasteiger partial charge in [0.25, 0.3) is 0 Å². The molecule has 10 nitrogen and oxygen atoms in total. The van der Waals surface area contributed by atoms with Gasteiger partial charge in [0.2, 0.25) is 0 Å². The Morgan fingerprint density at radius 3 is 1.44 bits per heavy atom. The molecule has 4 N–H and O–H groups in total. The third kappa shape index (κ3) is 5.98. The fourth-order valence-corrected chi connectivity index (χ4v) is 4.60. The van der Waals surface area contributed by atoms with Gasteiger partial charge in [0.15, 0.2) is 0 Å². The first-order valence-electron chi connectivity index (χ1n) is 10.4. The van der Waals surface area contributed by atoms with Crippen LogP contribution in [0.2, 0.25) is 0 Å². The first-order valence-corrected chi connectivity index (χ1v) is 13.6. The van der Waals surface area contributed by atoms with Crippen molar-refractivity contribution in [3.05, 3.63) is 93.5 Å². The van der Waals surface area contributed by atoms with Gasteiger partial charge < -0.3 is 0 Å². The van der Waals surface area contributed by atoms with E-state index in [1.54, 1.807) is 82.3 Å². The normalized spacial score (nSPS) is 12.4. The summed E-state index contributed by atoms with van der Waals surface area (Å²) in [6.07, 6.45) is 0. The molecule has 0 aliphatic rings. The highest BCUT2D eigenvalue weighted by Crippen LogP contribution is 2.50. The van der Waals surface area contributed by atoms with Crippen molar-refractivity contribution in [3.8, 4) is 0 Å². The van der Waals surface area contributed by atoms with Crippen LogP contribution in [0.25, 0.3) is 0 Å². The number of halogens is 1. The van der Waals surface area contributed by atoms with Crippen molar-refractivity contribution in [2.45, 2.75) is 32.6 Å². The fraction of sp³-hybridized carbons (Fsp3) is 0.217. The number of anilines is 2. The lowest BCUT2D eigenvalue weighted by molar-refractivity contribution is 0.318. The van der Waals surface area contributed by atoms with Crippen molar-refractivity contribution >= 4 is 43.8 Å². The third-order valence-corrected chi connectivity index (χ3v) is 7.10. The van der Waals surface area contributed by atoms with Crippen LogP contribution in [-0.2, 0) is 34.2 Å². The highest BCUT2D eigenvalue weighted by molar-refractivity contribution is 7.81. The summed E-state index contributed by atoms with van der Waals surface area (Å²) in [6.45, 7) is 6.99. The van der Waals surface area contributed by atoms with Gasteiger partial charge in [-0.2, -0.15) is 16.8 Å². The maximum Gasteiger partial charge on any atom is 0.418 e. The minimum Gasteiger partial charge on any atom is -0.262 e. The second kappa shape index (κ2) is 10.3. The molecular formula is C23H25ClN2O8S2. The maximum atomic E-state index is 11.3. The van der Waals surface area contributed by atoms with Crippen molar-refractivity contribution in [1.82, 2.24) is 0 Å². The summed E-state index contributed by atoms with van der Waals surface area (Å²) in [7, 11) is -9.74. The summed E-state index contributed by atoms with van der Waals surface area (Å²) >= 11 is 7.46. The van der Waals surface area contributed by atoms with Crippen LogP contribution in [0, 0.1) is 27.7 Å². The van der Waals surface area contributed by atoms with Crippen molar-refractivity contribution in [3.63, 3.8) is 0 Å². The van der Waals surface area contributed by atoms with Crippen LogP contribution in [0.15, 0.2) is 54.6 Å². The van der Waals surface area contributed by atoms with Gasteiger partial charge in [-0.05, 0) is 55.5 Å². The van der Waals surface area contributed by atoms with Gasteiger partial charge in [-0.25, -0.2) is 11.0 Å². The van der Waals surface area contributed by atoms with Crippen LogP contribution in [0.1, 0.15) is 38.9 Å². The molecule has 13 heteroatoms. The van der Waals surface area contributed by atoms with Crippen molar-refractivity contribution in [1.29, 1.82) is 0 Å². The monoisotopic (exact) mass is 556 g/mol. The van der Waals surface area contributed by atoms with E-state index in [1.807, 2.05) is 0 Å². The number of nitrogens with one attached hydrogen (secondary N) is 2. The molecule has 0 saturated heterocycles. The maximum absolute atomic E-state index is 11.3. The molecule has 0 saturated carbocycles. The molecule has 0 spiro atoms. The fourth-order valence-electron chi connectivity index (χ4n) is 3.78. The largest absolute Gasteiger partial charge is 0.418 e. The van der Waals surface area contributed by atoms with Crippen molar-refractivity contribution in [2.75, 3.05) is 11.0 Å². The standard InChI is InChI=1S/C23H25ClN2O8S2/c1-14-10-12-19(21(16(14)3)25-33-35(27,28)29)23(24,18-8-6-5-7-9-18)20-13-11-15(2)17(4)22(20)26-34-36(30,31)32/h5-13,25-26H,1-4H3,(H,27,28,29)(H,30,31,32). The van der Waals surface area contributed by atoms with Gasteiger partial charge in [-0.15, -0.1) is 20.2 Å². The lowest BCUT2D eigenvalue weighted by Gasteiger charge is -2.34. The Balaban J connectivity index is 2.40. The number of benzene rings is 3. The van der Waals surface area contributed by atoms with Crippen LogP contribution in [0.4, 0.5) is 11.4 Å². The Kier molecular flexibility index (Phi) is 8.01. The second-order valence-corrected chi connectivity index (χ2v) is 10.7. The third-order valence-electron chi connectivity index (χ3n) is 5.88. The number of rotatable bonds is 9. The first kappa shape index (κ1) is 27.9.